The highest BCUT2D eigenvalue weighted by atomic mass is 16.5. The molecule has 0 spiro atoms. The van der Waals surface area contributed by atoms with Gasteiger partial charge in [-0.05, 0) is 36.8 Å². The SMILES string of the molecule is CCCCOc1cccc(C(=O)Nc2ccccc2C(=O)NC)c1. The lowest BCUT2D eigenvalue weighted by atomic mass is 10.1. The highest BCUT2D eigenvalue weighted by Gasteiger charge is 2.13. The summed E-state index contributed by atoms with van der Waals surface area (Å²) in [5, 5.41) is 5.34. The van der Waals surface area contributed by atoms with E-state index in [1.54, 1.807) is 49.5 Å². The van der Waals surface area contributed by atoms with Crippen LogP contribution < -0.4 is 15.4 Å². The molecule has 2 N–H and O–H groups in total. The van der Waals surface area contributed by atoms with Crippen LogP contribution in [0.4, 0.5) is 5.69 Å². The van der Waals surface area contributed by atoms with Crippen molar-refractivity contribution in [2.75, 3.05) is 19.0 Å². The van der Waals surface area contributed by atoms with Crippen LogP contribution in [0.2, 0.25) is 0 Å². The molecule has 2 aromatic carbocycles. The Hall–Kier alpha value is -2.82. The summed E-state index contributed by atoms with van der Waals surface area (Å²) in [7, 11) is 1.55. The minimum atomic E-state index is -0.285. The number of ether oxygens (including phenoxy) is 1. The molecule has 0 unspecified atom stereocenters. The van der Waals surface area contributed by atoms with Gasteiger partial charge in [0.05, 0.1) is 17.9 Å². The second-order valence-electron chi connectivity index (χ2n) is 5.31. The first-order valence-corrected chi connectivity index (χ1v) is 8.01. The zero-order valence-corrected chi connectivity index (χ0v) is 14.0. The van der Waals surface area contributed by atoms with E-state index < -0.39 is 0 Å². The molecule has 0 fully saturated rings. The Kier molecular flexibility index (Phi) is 6.37. The summed E-state index contributed by atoms with van der Waals surface area (Å²) in [5.41, 5.74) is 1.37. The van der Waals surface area contributed by atoms with Gasteiger partial charge in [-0.2, -0.15) is 0 Å². The number of benzene rings is 2. The first-order valence-electron chi connectivity index (χ1n) is 8.01. The van der Waals surface area contributed by atoms with Crippen LogP contribution >= 0.6 is 0 Å². The van der Waals surface area contributed by atoms with Crippen molar-refractivity contribution in [3.05, 3.63) is 59.7 Å². The van der Waals surface area contributed by atoms with Gasteiger partial charge in [-0.3, -0.25) is 9.59 Å². The van der Waals surface area contributed by atoms with Crippen LogP contribution in [0.25, 0.3) is 0 Å². The highest BCUT2D eigenvalue weighted by Crippen LogP contribution is 2.18. The molecule has 0 heterocycles. The summed E-state index contributed by atoms with van der Waals surface area (Å²) in [6.45, 7) is 2.72. The van der Waals surface area contributed by atoms with E-state index in [2.05, 4.69) is 17.6 Å². The van der Waals surface area contributed by atoms with Crippen LogP contribution in [0.1, 0.15) is 40.5 Å². The molecule has 126 valence electrons. The predicted molar refractivity (Wildman–Crippen MR) is 94.6 cm³/mol. The van der Waals surface area contributed by atoms with E-state index in [1.807, 2.05) is 6.07 Å². The van der Waals surface area contributed by atoms with Gasteiger partial charge in [-0.25, -0.2) is 0 Å². The molecule has 0 aliphatic rings. The fourth-order valence-corrected chi connectivity index (χ4v) is 2.18. The van der Waals surface area contributed by atoms with Gasteiger partial charge >= 0.3 is 0 Å². The van der Waals surface area contributed by atoms with Gasteiger partial charge in [0.25, 0.3) is 11.8 Å². The molecule has 2 aromatic rings. The molecule has 0 aliphatic heterocycles. The molecule has 0 saturated carbocycles. The molecule has 0 bridgehead atoms. The number of nitrogens with one attached hydrogen (secondary N) is 2. The third kappa shape index (κ3) is 4.59. The van der Waals surface area contributed by atoms with E-state index in [0.717, 1.165) is 12.8 Å². The van der Waals surface area contributed by atoms with E-state index in [9.17, 15) is 9.59 Å². The second kappa shape index (κ2) is 8.72. The molecular formula is C19H22N2O3. The van der Waals surface area contributed by atoms with Crippen molar-refractivity contribution < 1.29 is 14.3 Å². The smallest absolute Gasteiger partial charge is 0.255 e. The number of carbonyl (C=O) groups excluding carboxylic acids is 2. The number of unbranched alkanes of at least 4 members (excludes halogenated alkanes) is 1. The summed E-state index contributed by atoms with van der Waals surface area (Å²) in [4.78, 5) is 24.3. The Labute approximate surface area is 142 Å². The van der Waals surface area contributed by atoms with Gasteiger partial charge in [0.15, 0.2) is 0 Å². The molecule has 0 aliphatic carbocycles. The van der Waals surface area contributed by atoms with E-state index in [0.29, 0.717) is 29.2 Å². The zero-order chi connectivity index (χ0) is 17.4. The van der Waals surface area contributed by atoms with Gasteiger partial charge in [-0.1, -0.05) is 31.5 Å². The third-order valence-corrected chi connectivity index (χ3v) is 3.51. The van der Waals surface area contributed by atoms with E-state index in [1.165, 1.54) is 0 Å². The van der Waals surface area contributed by atoms with Crippen molar-refractivity contribution in [3.8, 4) is 5.75 Å². The largest absolute Gasteiger partial charge is 0.494 e. The Morgan fingerprint density at radius 3 is 2.58 bits per heavy atom. The van der Waals surface area contributed by atoms with E-state index in [4.69, 9.17) is 4.74 Å². The molecule has 2 amide bonds. The molecule has 0 saturated heterocycles. The average Bonchev–Trinajstić information content (AvgIpc) is 2.62. The van der Waals surface area contributed by atoms with Gasteiger partial charge < -0.3 is 15.4 Å². The Morgan fingerprint density at radius 2 is 1.83 bits per heavy atom. The highest BCUT2D eigenvalue weighted by molar-refractivity contribution is 6.09. The number of amides is 2. The molecule has 2 rings (SSSR count). The number of para-hydroxylation sites is 1. The maximum atomic E-state index is 12.5. The van der Waals surface area contributed by atoms with Crippen LogP contribution in [0.3, 0.4) is 0 Å². The molecule has 0 atom stereocenters. The number of carbonyl (C=O) groups is 2. The van der Waals surface area contributed by atoms with Gasteiger partial charge in [0.2, 0.25) is 0 Å². The molecule has 24 heavy (non-hydrogen) atoms. The fraction of sp³-hybridized carbons (Fsp3) is 0.263. The predicted octanol–water partition coefficient (Wildman–Crippen LogP) is 3.48. The molecule has 5 nitrogen and oxygen atoms in total. The van der Waals surface area contributed by atoms with Crippen molar-refractivity contribution in [3.63, 3.8) is 0 Å². The minimum Gasteiger partial charge on any atom is -0.494 e. The van der Waals surface area contributed by atoms with Crippen LogP contribution in [0, 0.1) is 0 Å². The first kappa shape index (κ1) is 17.5. The minimum absolute atomic E-state index is 0.248. The quantitative estimate of drug-likeness (QED) is 0.766. The van der Waals surface area contributed by atoms with Gasteiger partial charge in [0, 0.05) is 12.6 Å². The lowest BCUT2D eigenvalue weighted by molar-refractivity contribution is 0.0964. The van der Waals surface area contributed by atoms with E-state index in [-0.39, 0.29) is 11.8 Å². The van der Waals surface area contributed by atoms with Crippen LogP contribution in [0.5, 0.6) is 5.75 Å². The normalized spacial score (nSPS) is 10.1. The van der Waals surface area contributed by atoms with Crippen molar-refractivity contribution in [2.45, 2.75) is 19.8 Å². The molecule has 5 heteroatoms. The number of hydrogen-bond acceptors (Lipinski definition) is 3. The van der Waals surface area contributed by atoms with Crippen molar-refractivity contribution in [1.82, 2.24) is 5.32 Å². The lowest BCUT2D eigenvalue weighted by Crippen LogP contribution is -2.21. The summed E-state index contributed by atoms with van der Waals surface area (Å²) in [5.74, 6) is 0.130. The topological polar surface area (TPSA) is 67.4 Å². The average molecular weight is 326 g/mol. The van der Waals surface area contributed by atoms with Crippen LogP contribution in [0.15, 0.2) is 48.5 Å². The standard InChI is InChI=1S/C19H22N2O3/c1-3-4-12-24-15-9-7-8-14(13-15)18(22)21-17-11-6-5-10-16(17)19(23)20-2/h5-11,13H,3-4,12H2,1-2H3,(H,20,23)(H,21,22). The Balaban J connectivity index is 2.13. The lowest BCUT2D eigenvalue weighted by Gasteiger charge is -2.11. The first-order chi connectivity index (χ1) is 11.7. The number of anilines is 1. The molecule has 0 radical (unpaired) electrons. The summed E-state index contributed by atoms with van der Waals surface area (Å²) in [6.07, 6.45) is 2.02. The fourth-order valence-electron chi connectivity index (χ4n) is 2.18. The number of hydrogen-bond donors (Lipinski definition) is 2. The van der Waals surface area contributed by atoms with Gasteiger partial charge in [-0.15, -0.1) is 0 Å². The number of rotatable bonds is 7. The second-order valence-corrected chi connectivity index (χ2v) is 5.31. The molecule has 0 aromatic heterocycles. The zero-order valence-electron chi connectivity index (χ0n) is 14.0. The van der Waals surface area contributed by atoms with Crippen molar-refractivity contribution in [1.29, 1.82) is 0 Å². The van der Waals surface area contributed by atoms with Crippen molar-refractivity contribution >= 4 is 17.5 Å². The maximum Gasteiger partial charge on any atom is 0.255 e. The third-order valence-electron chi connectivity index (χ3n) is 3.51. The van der Waals surface area contributed by atoms with Crippen molar-refractivity contribution in [2.24, 2.45) is 0 Å². The van der Waals surface area contributed by atoms with Crippen LogP contribution in [-0.2, 0) is 0 Å². The monoisotopic (exact) mass is 326 g/mol. The summed E-state index contributed by atoms with van der Waals surface area (Å²) >= 11 is 0. The Morgan fingerprint density at radius 1 is 1.04 bits per heavy atom. The Bertz CT molecular complexity index is 713. The van der Waals surface area contributed by atoms with Gasteiger partial charge in [0.1, 0.15) is 5.75 Å². The summed E-state index contributed by atoms with van der Waals surface area (Å²) in [6, 6.07) is 13.9. The van der Waals surface area contributed by atoms with E-state index >= 15 is 0 Å². The molecular weight excluding hydrogens is 304 g/mol. The summed E-state index contributed by atoms with van der Waals surface area (Å²) < 4.78 is 5.62. The van der Waals surface area contributed by atoms with Crippen LogP contribution in [-0.4, -0.2) is 25.5 Å². The maximum absolute atomic E-state index is 12.5.